The van der Waals surface area contributed by atoms with E-state index in [0.29, 0.717) is 11.4 Å². The summed E-state index contributed by atoms with van der Waals surface area (Å²) in [6.45, 7) is 1.98. The van der Waals surface area contributed by atoms with Crippen molar-refractivity contribution in [2.75, 3.05) is 12.4 Å². The quantitative estimate of drug-likeness (QED) is 0.676. The van der Waals surface area contributed by atoms with Gasteiger partial charge in [-0.25, -0.2) is 9.97 Å². The predicted octanol–water partition coefficient (Wildman–Crippen LogP) is 1.98. The minimum atomic E-state index is 0.229. The maximum Gasteiger partial charge on any atom is 0.228 e. The number of hydrogen-bond donors (Lipinski definition) is 1. The van der Waals surface area contributed by atoms with E-state index >= 15 is 0 Å². The molecule has 2 aromatic rings. The van der Waals surface area contributed by atoms with Gasteiger partial charge in [-0.2, -0.15) is 0 Å². The Morgan fingerprint density at radius 1 is 1.33 bits per heavy atom. The third-order valence-corrected chi connectivity index (χ3v) is 2.61. The Labute approximate surface area is 112 Å². The standard InChI is InChI=1S/C12H11BClN3O/c1-7-3-8(5-9(4-7)18-2)16-12-15-6-10(13)11(14)17-12/h3-6H,1-2H3,(H,15,16,17). The van der Waals surface area contributed by atoms with E-state index in [1.807, 2.05) is 25.1 Å². The molecular formula is C12H11BClN3O. The number of anilines is 2. The second-order valence-electron chi connectivity index (χ2n) is 3.80. The van der Waals surface area contributed by atoms with Crippen LogP contribution >= 0.6 is 11.6 Å². The summed E-state index contributed by atoms with van der Waals surface area (Å²) < 4.78 is 5.19. The molecule has 0 aliphatic carbocycles. The maximum absolute atomic E-state index is 5.83. The van der Waals surface area contributed by atoms with Gasteiger partial charge in [0.05, 0.1) is 7.11 Å². The van der Waals surface area contributed by atoms with Crippen molar-refractivity contribution in [3.63, 3.8) is 0 Å². The first-order valence-electron chi connectivity index (χ1n) is 5.29. The van der Waals surface area contributed by atoms with Crippen molar-refractivity contribution in [3.8, 4) is 5.75 Å². The topological polar surface area (TPSA) is 47.0 Å². The summed E-state index contributed by atoms with van der Waals surface area (Å²) in [5.41, 5.74) is 2.25. The molecule has 0 bridgehead atoms. The van der Waals surface area contributed by atoms with Gasteiger partial charge in [0, 0.05) is 18.0 Å². The van der Waals surface area contributed by atoms with Crippen molar-refractivity contribution in [1.29, 1.82) is 0 Å². The molecule has 0 spiro atoms. The van der Waals surface area contributed by atoms with Crippen LogP contribution < -0.4 is 15.5 Å². The SMILES string of the molecule is [B]c1cnc(Nc2cc(C)cc(OC)c2)nc1Cl. The summed E-state index contributed by atoms with van der Waals surface area (Å²) in [7, 11) is 7.17. The summed E-state index contributed by atoms with van der Waals surface area (Å²) in [5.74, 6) is 1.15. The van der Waals surface area contributed by atoms with Crippen LogP contribution in [-0.4, -0.2) is 24.9 Å². The average Bonchev–Trinajstić information content (AvgIpc) is 2.33. The molecule has 0 atom stereocenters. The van der Waals surface area contributed by atoms with Gasteiger partial charge in [0.2, 0.25) is 5.95 Å². The summed E-state index contributed by atoms with van der Waals surface area (Å²) in [5, 5.41) is 3.27. The minimum Gasteiger partial charge on any atom is -0.497 e. The molecule has 4 nitrogen and oxygen atoms in total. The Hall–Kier alpha value is -1.75. The Bertz CT molecular complexity index is 577. The van der Waals surface area contributed by atoms with Gasteiger partial charge in [0.25, 0.3) is 0 Å². The summed E-state index contributed by atoms with van der Waals surface area (Å²) in [6.07, 6.45) is 1.46. The van der Waals surface area contributed by atoms with Crippen molar-refractivity contribution >= 4 is 36.5 Å². The Morgan fingerprint density at radius 2 is 2.11 bits per heavy atom. The Kier molecular flexibility index (Phi) is 3.72. The zero-order chi connectivity index (χ0) is 13.1. The van der Waals surface area contributed by atoms with E-state index in [0.717, 1.165) is 17.0 Å². The fourth-order valence-electron chi connectivity index (χ4n) is 1.50. The number of ether oxygens (including phenoxy) is 1. The molecule has 0 saturated carbocycles. The molecular weight excluding hydrogens is 248 g/mol. The van der Waals surface area contributed by atoms with Gasteiger partial charge in [-0.3, -0.25) is 0 Å². The van der Waals surface area contributed by atoms with Crippen LogP contribution in [0.3, 0.4) is 0 Å². The highest BCUT2D eigenvalue weighted by molar-refractivity contribution is 6.44. The predicted molar refractivity (Wildman–Crippen MR) is 73.4 cm³/mol. The van der Waals surface area contributed by atoms with E-state index in [4.69, 9.17) is 24.2 Å². The first-order valence-corrected chi connectivity index (χ1v) is 5.67. The molecule has 2 rings (SSSR count). The van der Waals surface area contributed by atoms with Gasteiger partial charge in [0.15, 0.2) is 0 Å². The lowest BCUT2D eigenvalue weighted by atomic mass is 10.0. The van der Waals surface area contributed by atoms with Crippen LogP contribution in [-0.2, 0) is 0 Å². The highest BCUT2D eigenvalue weighted by Crippen LogP contribution is 2.22. The highest BCUT2D eigenvalue weighted by Gasteiger charge is 2.03. The largest absolute Gasteiger partial charge is 0.497 e. The van der Waals surface area contributed by atoms with E-state index in [2.05, 4.69) is 15.3 Å². The van der Waals surface area contributed by atoms with Crippen LogP contribution in [0.15, 0.2) is 24.4 Å². The van der Waals surface area contributed by atoms with E-state index in [1.54, 1.807) is 7.11 Å². The minimum absolute atomic E-state index is 0.229. The zero-order valence-corrected chi connectivity index (χ0v) is 10.8. The molecule has 2 radical (unpaired) electrons. The number of methoxy groups -OCH3 is 1. The fraction of sp³-hybridized carbons (Fsp3) is 0.167. The molecule has 18 heavy (non-hydrogen) atoms. The van der Waals surface area contributed by atoms with Gasteiger partial charge in [0.1, 0.15) is 18.7 Å². The molecule has 0 amide bonds. The van der Waals surface area contributed by atoms with E-state index in [1.165, 1.54) is 6.20 Å². The molecule has 0 saturated heterocycles. The number of nitrogens with zero attached hydrogens (tertiary/aromatic N) is 2. The van der Waals surface area contributed by atoms with Crippen molar-refractivity contribution in [1.82, 2.24) is 9.97 Å². The average molecular weight is 260 g/mol. The van der Waals surface area contributed by atoms with Gasteiger partial charge in [-0.05, 0) is 30.1 Å². The molecule has 0 aliphatic rings. The van der Waals surface area contributed by atoms with Crippen LogP contribution in [0, 0.1) is 6.92 Å². The number of aryl methyl sites for hydroxylation is 1. The molecule has 1 aromatic heterocycles. The van der Waals surface area contributed by atoms with Crippen LogP contribution in [0.1, 0.15) is 5.56 Å². The van der Waals surface area contributed by atoms with Crippen LogP contribution in [0.2, 0.25) is 5.15 Å². The monoisotopic (exact) mass is 259 g/mol. The first kappa shape index (κ1) is 12.7. The first-order chi connectivity index (χ1) is 8.58. The molecule has 1 aromatic carbocycles. The number of hydrogen-bond acceptors (Lipinski definition) is 4. The van der Waals surface area contributed by atoms with Crippen molar-refractivity contribution in [2.45, 2.75) is 6.92 Å². The molecule has 6 heteroatoms. The molecule has 0 unspecified atom stereocenters. The van der Waals surface area contributed by atoms with Gasteiger partial charge in [-0.15, -0.1) is 0 Å². The molecule has 1 heterocycles. The van der Waals surface area contributed by atoms with Crippen molar-refractivity contribution in [3.05, 3.63) is 35.1 Å². The molecule has 0 fully saturated rings. The third kappa shape index (κ3) is 2.93. The lowest BCUT2D eigenvalue weighted by Crippen LogP contribution is -2.09. The van der Waals surface area contributed by atoms with Crippen molar-refractivity contribution < 1.29 is 4.74 Å². The summed E-state index contributed by atoms with van der Waals surface area (Å²) in [6, 6.07) is 5.73. The number of rotatable bonds is 3. The number of benzene rings is 1. The maximum atomic E-state index is 5.83. The normalized spacial score (nSPS) is 10.2. The van der Waals surface area contributed by atoms with Gasteiger partial charge < -0.3 is 10.1 Å². The van der Waals surface area contributed by atoms with E-state index < -0.39 is 0 Å². The highest BCUT2D eigenvalue weighted by atomic mass is 35.5. The number of halogens is 1. The molecule has 1 N–H and O–H groups in total. The van der Waals surface area contributed by atoms with Gasteiger partial charge >= 0.3 is 0 Å². The summed E-state index contributed by atoms with van der Waals surface area (Å²) in [4.78, 5) is 8.08. The lowest BCUT2D eigenvalue weighted by Gasteiger charge is -2.09. The van der Waals surface area contributed by atoms with Crippen molar-refractivity contribution in [2.24, 2.45) is 0 Å². The van der Waals surface area contributed by atoms with E-state index in [9.17, 15) is 0 Å². The van der Waals surface area contributed by atoms with E-state index in [-0.39, 0.29) is 5.15 Å². The Morgan fingerprint density at radius 3 is 2.78 bits per heavy atom. The second kappa shape index (κ2) is 5.27. The van der Waals surface area contributed by atoms with Gasteiger partial charge in [-0.1, -0.05) is 11.6 Å². The zero-order valence-electron chi connectivity index (χ0n) is 10.1. The lowest BCUT2D eigenvalue weighted by molar-refractivity contribution is 0.414. The molecule has 0 aliphatic heterocycles. The fourth-order valence-corrected chi connectivity index (χ4v) is 1.63. The third-order valence-electron chi connectivity index (χ3n) is 2.31. The second-order valence-corrected chi connectivity index (χ2v) is 4.16. The molecule has 90 valence electrons. The van der Waals surface area contributed by atoms with Crippen LogP contribution in [0.4, 0.5) is 11.6 Å². The van der Waals surface area contributed by atoms with Crippen LogP contribution in [0.25, 0.3) is 0 Å². The Balaban J connectivity index is 2.27. The number of aromatic nitrogens is 2. The van der Waals surface area contributed by atoms with Crippen LogP contribution in [0.5, 0.6) is 5.75 Å². The number of nitrogens with one attached hydrogen (secondary N) is 1. The summed E-state index contributed by atoms with van der Waals surface area (Å²) >= 11 is 5.83. The smallest absolute Gasteiger partial charge is 0.228 e.